The summed E-state index contributed by atoms with van der Waals surface area (Å²) in [5, 5.41) is 1.10. The van der Waals surface area contributed by atoms with Gasteiger partial charge >= 0.3 is 0 Å². The van der Waals surface area contributed by atoms with Crippen LogP contribution in [0.25, 0.3) is 10.7 Å². The number of ether oxygens (including phenoxy) is 1. The van der Waals surface area contributed by atoms with E-state index in [0.29, 0.717) is 0 Å². The molecule has 0 N–H and O–H groups in total. The summed E-state index contributed by atoms with van der Waals surface area (Å²) in [7, 11) is 0. The number of hydrogen-bond acceptors (Lipinski definition) is 6. The van der Waals surface area contributed by atoms with Crippen molar-refractivity contribution < 1.29 is 4.74 Å². The lowest BCUT2D eigenvalue weighted by molar-refractivity contribution is 0.0521. The molecule has 0 unspecified atom stereocenters. The number of piperidine rings is 2. The molecule has 0 aromatic carbocycles. The number of aromatic nitrogens is 3. The van der Waals surface area contributed by atoms with Crippen molar-refractivity contribution in [2.75, 3.05) is 44.3 Å². The summed E-state index contributed by atoms with van der Waals surface area (Å²) in [4.78, 5) is 15.6. The number of hydrogen-bond donors (Lipinski definition) is 0. The Morgan fingerprint density at radius 3 is 2.85 bits per heavy atom. The summed E-state index contributed by atoms with van der Waals surface area (Å²) in [5.74, 6) is 1.83. The molecule has 146 valence electrons. The van der Waals surface area contributed by atoms with Gasteiger partial charge in [-0.1, -0.05) is 17.8 Å². The molecular formula is C20H29N5OS. The molecule has 3 aliphatic rings. The van der Waals surface area contributed by atoms with Gasteiger partial charge in [0.1, 0.15) is 0 Å². The van der Waals surface area contributed by atoms with Crippen LogP contribution in [0.15, 0.2) is 18.6 Å². The van der Waals surface area contributed by atoms with Crippen molar-refractivity contribution in [2.24, 2.45) is 5.92 Å². The van der Waals surface area contributed by atoms with Gasteiger partial charge in [-0.3, -0.25) is 0 Å². The molecule has 3 aliphatic heterocycles. The lowest BCUT2D eigenvalue weighted by Crippen LogP contribution is -2.49. The van der Waals surface area contributed by atoms with Crippen LogP contribution in [-0.2, 0) is 11.3 Å². The molecule has 6 nitrogen and oxygen atoms in total. The summed E-state index contributed by atoms with van der Waals surface area (Å²) in [6.07, 6.45) is 12.9. The number of nitrogens with zero attached hydrogens (tertiary/aromatic N) is 5. The van der Waals surface area contributed by atoms with Crippen molar-refractivity contribution >= 4 is 16.5 Å². The molecule has 2 atom stereocenters. The third kappa shape index (κ3) is 3.65. The van der Waals surface area contributed by atoms with Crippen LogP contribution < -0.4 is 4.90 Å². The fourth-order valence-electron chi connectivity index (χ4n) is 4.99. The maximum atomic E-state index is 5.46. The quantitative estimate of drug-likeness (QED) is 0.807. The van der Waals surface area contributed by atoms with Gasteiger partial charge in [-0.05, 0) is 44.7 Å². The third-order valence-corrected chi connectivity index (χ3v) is 7.42. The summed E-state index contributed by atoms with van der Waals surface area (Å²) >= 11 is 1.76. The molecule has 2 aromatic rings. The molecule has 2 aromatic heterocycles. The highest BCUT2D eigenvalue weighted by Gasteiger charge is 2.33. The van der Waals surface area contributed by atoms with Crippen molar-refractivity contribution in [1.82, 2.24) is 19.4 Å². The molecular weight excluding hydrogens is 358 g/mol. The first-order valence-corrected chi connectivity index (χ1v) is 11.2. The number of thiazole rings is 1. The van der Waals surface area contributed by atoms with Crippen LogP contribution in [0.3, 0.4) is 0 Å². The fraction of sp³-hybridized carbons (Fsp3) is 0.700. The number of anilines is 1. The smallest absolute Gasteiger partial charge is 0.186 e. The van der Waals surface area contributed by atoms with Crippen LogP contribution in [0.5, 0.6) is 0 Å². The highest BCUT2D eigenvalue weighted by molar-refractivity contribution is 7.18. The minimum atomic E-state index is 0.749. The van der Waals surface area contributed by atoms with E-state index in [2.05, 4.69) is 25.5 Å². The Labute approximate surface area is 165 Å². The number of rotatable bonds is 4. The zero-order valence-corrected chi connectivity index (χ0v) is 16.7. The second-order valence-electron chi connectivity index (χ2n) is 8.01. The van der Waals surface area contributed by atoms with E-state index in [4.69, 9.17) is 9.72 Å². The minimum Gasteiger partial charge on any atom is -0.378 e. The Bertz CT molecular complexity index is 751. The van der Waals surface area contributed by atoms with Gasteiger partial charge in [-0.25, -0.2) is 9.97 Å². The Hall–Kier alpha value is -1.44. The van der Waals surface area contributed by atoms with Crippen LogP contribution in [0.4, 0.5) is 5.13 Å². The van der Waals surface area contributed by atoms with Gasteiger partial charge in [-0.2, -0.15) is 0 Å². The van der Waals surface area contributed by atoms with E-state index in [0.717, 1.165) is 55.8 Å². The summed E-state index contributed by atoms with van der Waals surface area (Å²) in [6.45, 7) is 7.14. The van der Waals surface area contributed by atoms with Gasteiger partial charge < -0.3 is 19.1 Å². The average Bonchev–Trinajstić information content (AvgIpc) is 3.38. The molecule has 5 heterocycles. The molecule has 27 heavy (non-hydrogen) atoms. The molecule has 0 radical (unpaired) electrons. The van der Waals surface area contributed by atoms with Gasteiger partial charge in [0.15, 0.2) is 11.0 Å². The van der Waals surface area contributed by atoms with E-state index in [1.54, 1.807) is 11.3 Å². The normalized spacial score (nSPS) is 26.9. The first kappa shape index (κ1) is 17.6. The molecule has 0 bridgehead atoms. The topological polar surface area (TPSA) is 46.4 Å². The first-order valence-electron chi connectivity index (χ1n) is 10.4. The maximum absolute atomic E-state index is 5.46. The molecule has 0 aliphatic carbocycles. The Balaban J connectivity index is 1.33. The molecule has 0 spiro atoms. The van der Waals surface area contributed by atoms with Crippen LogP contribution in [0.2, 0.25) is 0 Å². The second-order valence-corrected chi connectivity index (χ2v) is 9.02. The van der Waals surface area contributed by atoms with E-state index < -0.39 is 0 Å². The number of imidazole rings is 1. The van der Waals surface area contributed by atoms with Gasteiger partial charge in [0.2, 0.25) is 0 Å². The van der Waals surface area contributed by atoms with Crippen LogP contribution in [0.1, 0.15) is 32.1 Å². The minimum absolute atomic E-state index is 0.749. The predicted molar refractivity (Wildman–Crippen MR) is 108 cm³/mol. The first-order chi connectivity index (χ1) is 13.4. The van der Waals surface area contributed by atoms with Crippen molar-refractivity contribution in [3.63, 3.8) is 0 Å². The van der Waals surface area contributed by atoms with Crippen molar-refractivity contribution in [2.45, 2.75) is 44.7 Å². The van der Waals surface area contributed by atoms with E-state index in [-0.39, 0.29) is 0 Å². The standard InChI is InChI=1S/C20H29N5OS/c1-2-7-23-8-3-4-16(17(23)5-1)15-25-9-6-21-19(25)18-14-22-20(27-18)24-10-12-26-13-11-24/h6,9,14,16-17H,1-5,7-8,10-13,15H2/t16-,17+/m0/s1. The fourth-order valence-corrected chi connectivity index (χ4v) is 5.97. The third-order valence-electron chi connectivity index (χ3n) is 6.37. The van der Waals surface area contributed by atoms with E-state index in [1.165, 1.54) is 50.1 Å². The van der Waals surface area contributed by atoms with Gasteiger partial charge in [0.25, 0.3) is 0 Å². The summed E-state index contributed by atoms with van der Waals surface area (Å²) < 4.78 is 7.84. The largest absolute Gasteiger partial charge is 0.378 e. The van der Waals surface area contributed by atoms with Crippen molar-refractivity contribution in [3.05, 3.63) is 18.6 Å². The van der Waals surface area contributed by atoms with Gasteiger partial charge in [-0.15, -0.1) is 0 Å². The highest BCUT2D eigenvalue weighted by Crippen LogP contribution is 2.34. The maximum Gasteiger partial charge on any atom is 0.186 e. The zero-order chi connectivity index (χ0) is 18.1. The summed E-state index contributed by atoms with van der Waals surface area (Å²) in [6, 6.07) is 0.771. The lowest BCUT2D eigenvalue weighted by Gasteiger charge is -2.44. The Morgan fingerprint density at radius 2 is 1.93 bits per heavy atom. The zero-order valence-electron chi connectivity index (χ0n) is 15.9. The molecule has 3 fully saturated rings. The molecule has 5 rings (SSSR count). The molecule has 0 amide bonds. The van der Waals surface area contributed by atoms with Crippen LogP contribution in [-0.4, -0.2) is 64.9 Å². The summed E-state index contributed by atoms with van der Waals surface area (Å²) in [5.41, 5.74) is 0. The predicted octanol–water partition coefficient (Wildman–Crippen LogP) is 3.11. The van der Waals surface area contributed by atoms with Gasteiger partial charge in [0, 0.05) is 38.1 Å². The molecule has 0 saturated carbocycles. The van der Waals surface area contributed by atoms with Crippen LogP contribution >= 0.6 is 11.3 Å². The molecule has 7 heteroatoms. The second kappa shape index (κ2) is 7.89. The van der Waals surface area contributed by atoms with E-state index >= 15 is 0 Å². The van der Waals surface area contributed by atoms with E-state index in [9.17, 15) is 0 Å². The highest BCUT2D eigenvalue weighted by atomic mass is 32.1. The van der Waals surface area contributed by atoms with Crippen molar-refractivity contribution in [3.8, 4) is 10.7 Å². The van der Waals surface area contributed by atoms with Crippen LogP contribution in [0, 0.1) is 5.92 Å². The average molecular weight is 388 g/mol. The van der Waals surface area contributed by atoms with Gasteiger partial charge in [0.05, 0.1) is 24.3 Å². The van der Waals surface area contributed by atoms with Crippen molar-refractivity contribution in [1.29, 1.82) is 0 Å². The monoisotopic (exact) mass is 387 g/mol. The Morgan fingerprint density at radius 1 is 1.04 bits per heavy atom. The molecule has 3 saturated heterocycles. The SMILES string of the molecule is c1cn(C[C@@H]2CCCN3CCCC[C@H]23)c(-c2cnc(N3CCOCC3)s2)n1. The lowest BCUT2D eigenvalue weighted by atomic mass is 9.83. The Kier molecular flexibility index (Phi) is 5.16. The number of fused-ring (bicyclic) bond motifs is 1. The van der Waals surface area contributed by atoms with E-state index in [1.807, 2.05) is 12.4 Å². The number of morpholine rings is 1.